The van der Waals surface area contributed by atoms with Crippen molar-refractivity contribution in [2.24, 2.45) is 0 Å². The zero-order chi connectivity index (χ0) is 16.2. The number of ether oxygens (including phenoxy) is 1. The second-order valence-electron chi connectivity index (χ2n) is 5.66. The number of hydrogen-bond acceptors (Lipinski definition) is 3. The first-order valence-corrected chi connectivity index (χ1v) is 7.64. The third-order valence-corrected chi connectivity index (χ3v) is 3.88. The van der Waals surface area contributed by atoms with Gasteiger partial charge in [0.15, 0.2) is 6.61 Å². The summed E-state index contributed by atoms with van der Waals surface area (Å²) in [7, 11) is 2.07. The zero-order valence-corrected chi connectivity index (χ0v) is 13.0. The molecule has 23 heavy (non-hydrogen) atoms. The van der Waals surface area contributed by atoms with Crippen LogP contribution in [-0.2, 0) is 11.2 Å². The van der Waals surface area contributed by atoms with E-state index in [1.54, 1.807) is 12.1 Å². The van der Waals surface area contributed by atoms with Crippen molar-refractivity contribution in [2.75, 3.05) is 30.4 Å². The van der Waals surface area contributed by atoms with E-state index in [1.807, 2.05) is 18.2 Å². The molecule has 2 aromatic rings. The second kappa shape index (κ2) is 6.69. The van der Waals surface area contributed by atoms with E-state index in [4.69, 9.17) is 4.74 Å². The summed E-state index contributed by atoms with van der Waals surface area (Å²) in [5.41, 5.74) is 3.21. The van der Waals surface area contributed by atoms with Gasteiger partial charge in [-0.15, -0.1) is 0 Å². The summed E-state index contributed by atoms with van der Waals surface area (Å²) < 4.78 is 18.3. The standard InChI is InChI=1S/C18H19FN2O2/c1-21-9-3-4-13-10-15(7-8-17(13)21)20-18(22)12-23-16-6-2-5-14(19)11-16/h2,5-8,10-11H,3-4,9,12H2,1H3,(H,20,22). The van der Waals surface area contributed by atoms with Crippen molar-refractivity contribution < 1.29 is 13.9 Å². The van der Waals surface area contributed by atoms with E-state index in [0.717, 1.165) is 25.1 Å². The lowest BCUT2D eigenvalue weighted by molar-refractivity contribution is -0.118. The van der Waals surface area contributed by atoms with E-state index < -0.39 is 0 Å². The molecule has 0 atom stereocenters. The van der Waals surface area contributed by atoms with Crippen LogP contribution >= 0.6 is 0 Å². The number of aryl methyl sites for hydroxylation is 1. The molecule has 0 saturated heterocycles. The molecule has 0 fully saturated rings. The second-order valence-corrected chi connectivity index (χ2v) is 5.66. The van der Waals surface area contributed by atoms with Crippen molar-refractivity contribution in [3.63, 3.8) is 0 Å². The third-order valence-electron chi connectivity index (χ3n) is 3.88. The van der Waals surface area contributed by atoms with Crippen LogP contribution in [0.2, 0.25) is 0 Å². The number of nitrogens with one attached hydrogen (secondary N) is 1. The molecule has 1 heterocycles. The molecule has 1 aliphatic heterocycles. The highest BCUT2D eigenvalue weighted by Gasteiger charge is 2.14. The minimum Gasteiger partial charge on any atom is -0.484 e. The Bertz CT molecular complexity index is 718. The van der Waals surface area contributed by atoms with Crippen molar-refractivity contribution in [1.82, 2.24) is 0 Å². The number of nitrogens with zero attached hydrogens (tertiary/aromatic N) is 1. The van der Waals surface area contributed by atoms with Gasteiger partial charge in [-0.2, -0.15) is 0 Å². The number of anilines is 2. The Morgan fingerprint density at radius 1 is 1.30 bits per heavy atom. The normalized spacial score (nSPS) is 13.4. The van der Waals surface area contributed by atoms with Crippen molar-refractivity contribution in [3.8, 4) is 5.75 Å². The Hall–Kier alpha value is -2.56. The Morgan fingerprint density at radius 2 is 2.17 bits per heavy atom. The highest BCUT2D eigenvalue weighted by atomic mass is 19.1. The van der Waals surface area contributed by atoms with E-state index >= 15 is 0 Å². The summed E-state index contributed by atoms with van der Waals surface area (Å²) in [5.74, 6) is -0.313. The first-order valence-electron chi connectivity index (χ1n) is 7.64. The topological polar surface area (TPSA) is 41.6 Å². The molecule has 0 unspecified atom stereocenters. The van der Waals surface area contributed by atoms with Crippen LogP contribution in [0.4, 0.5) is 15.8 Å². The Balaban J connectivity index is 1.60. The molecule has 1 aliphatic rings. The van der Waals surface area contributed by atoms with Crippen LogP contribution in [-0.4, -0.2) is 26.1 Å². The van der Waals surface area contributed by atoms with Gasteiger partial charge >= 0.3 is 0 Å². The monoisotopic (exact) mass is 314 g/mol. The quantitative estimate of drug-likeness (QED) is 0.942. The number of hydrogen-bond donors (Lipinski definition) is 1. The van der Waals surface area contributed by atoms with Crippen LogP contribution in [0.3, 0.4) is 0 Å². The van der Waals surface area contributed by atoms with Crippen molar-refractivity contribution in [1.29, 1.82) is 0 Å². The molecule has 0 radical (unpaired) electrons. The molecule has 0 bridgehead atoms. The fourth-order valence-electron chi connectivity index (χ4n) is 2.77. The molecule has 4 nitrogen and oxygen atoms in total. The van der Waals surface area contributed by atoms with Crippen molar-refractivity contribution >= 4 is 17.3 Å². The van der Waals surface area contributed by atoms with E-state index in [1.165, 1.54) is 23.4 Å². The molecule has 1 N–H and O–H groups in total. The number of amides is 1. The van der Waals surface area contributed by atoms with Crippen LogP contribution in [0.1, 0.15) is 12.0 Å². The maximum Gasteiger partial charge on any atom is 0.262 e. The van der Waals surface area contributed by atoms with Gasteiger partial charge < -0.3 is 15.0 Å². The smallest absolute Gasteiger partial charge is 0.262 e. The average molecular weight is 314 g/mol. The van der Waals surface area contributed by atoms with E-state index in [-0.39, 0.29) is 18.3 Å². The van der Waals surface area contributed by atoms with Gasteiger partial charge in [0.2, 0.25) is 0 Å². The molecule has 3 rings (SSSR count). The lowest BCUT2D eigenvalue weighted by Gasteiger charge is -2.27. The summed E-state index contributed by atoms with van der Waals surface area (Å²) in [6.07, 6.45) is 2.13. The van der Waals surface area contributed by atoms with Gasteiger partial charge in [0.05, 0.1) is 0 Å². The van der Waals surface area contributed by atoms with E-state index in [2.05, 4.69) is 17.3 Å². The average Bonchev–Trinajstić information content (AvgIpc) is 2.53. The molecule has 0 aromatic heterocycles. The van der Waals surface area contributed by atoms with E-state index in [9.17, 15) is 9.18 Å². The highest BCUT2D eigenvalue weighted by Crippen LogP contribution is 2.28. The molecule has 0 spiro atoms. The minimum absolute atomic E-state index is 0.152. The van der Waals surface area contributed by atoms with Gasteiger partial charge in [-0.3, -0.25) is 4.79 Å². The zero-order valence-electron chi connectivity index (χ0n) is 13.0. The molecule has 5 heteroatoms. The van der Waals surface area contributed by atoms with Gasteiger partial charge in [0, 0.05) is 31.0 Å². The summed E-state index contributed by atoms with van der Waals surface area (Å²) in [6.45, 7) is 0.903. The summed E-state index contributed by atoms with van der Waals surface area (Å²) in [4.78, 5) is 14.2. The van der Waals surface area contributed by atoms with Gasteiger partial charge in [0.1, 0.15) is 11.6 Å². The van der Waals surface area contributed by atoms with Gasteiger partial charge in [-0.25, -0.2) is 4.39 Å². The maximum atomic E-state index is 13.0. The minimum atomic E-state index is -0.387. The SMILES string of the molecule is CN1CCCc2cc(NC(=O)COc3cccc(F)c3)ccc21. The van der Waals surface area contributed by atoms with E-state index in [0.29, 0.717) is 5.75 Å². The summed E-state index contributed by atoms with van der Waals surface area (Å²) in [5, 5.41) is 2.82. The fourth-order valence-corrected chi connectivity index (χ4v) is 2.77. The van der Waals surface area contributed by atoms with Crippen LogP contribution in [0, 0.1) is 5.82 Å². The lowest BCUT2D eigenvalue weighted by atomic mass is 10.0. The molecular weight excluding hydrogens is 295 g/mol. The molecule has 120 valence electrons. The fraction of sp³-hybridized carbons (Fsp3) is 0.278. The number of halogens is 1. The predicted molar refractivity (Wildman–Crippen MR) is 88.6 cm³/mol. The van der Waals surface area contributed by atoms with Crippen molar-refractivity contribution in [2.45, 2.75) is 12.8 Å². The van der Waals surface area contributed by atoms with Gasteiger partial charge in [0.25, 0.3) is 5.91 Å². The van der Waals surface area contributed by atoms with Crippen LogP contribution < -0.4 is 15.0 Å². The van der Waals surface area contributed by atoms with Crippen LogP contribution in [0.5, 0.6) is 5.75 Å². The maximum absolute atomic E-state index is 13.0. The molecule has 1 amide bonds. The van der Waals surface area contributed by atoms with Gasteiger partial charge in [-0.05, 0) is 48.7 Å². The van der Waals surface area contributed by atoms with Crippen LogP contribution in [0.15, 0.2) is 42.5 Å². The Kier molecular flexibility index (Phi) is 4.46. The van der Waals surface area contributed by atoms with Crippen molar-refractivity contribution in [3.05, 3.63) is 53.8 Å². The number of carbonyl (C=O) groups excluding carboxylic acids is 1. The molecule has 2 aromatic carbocycles. The molecule has 0 saturated carbocycles. The number of carbonyl (C=O) groups is 1. The Labute approximate surface area is 134 Å². The van der Waals surface area contributed by atoms with Crippen LogP contribution in [0.25, 0.3) is 0 Å². The highest BCUT2D eigenvalue weighted by molar-refractivity contribution is 5.92. The Morgan fingerprint density at radius 3 is 3.00 bits per heavy atom. The number of rotatable bonds is 4. The first-order chi connectivity index (χ1) is 11.1. The molecule has 0 aliphatic carbocycles. The first kappa shape index (κ1) is 15.3. The number of benzene rings is 2. The molecular formula is C18H19FN2O2. The third kappa shape index (κ3) is 3.80. The largest absolute Gasteiger partial charge is 0.484 e. The predicted octanol–water partition coefficient (Wildman–Crippen LogP) is 3.23. The number of fused-ring (bicyclic) bond motifs is 1. The summed E-state index contributed by atoms with van der Waals surface area (Å²) in [6, 6.07) is 11.7. The van der Waals surface area contributed by atoms with Gasteiger partial charge in [-0.1, -0.05) is 6.07 Å². The summed E-state index contributed by atoms with van der Waals surface area (Å²) >= 11 is 0. The lowest BCUT2D eigenvalue weighted by Crippen LogP contribution is -2.25.